The van der Waals surface area contributed by atoms with E-state index >= 15 is 0 Å². The number of amides is 1. The molecule has 0 radical (unpaired) electrons. The second-order valence-corrected chi connectivity index (χ2v) is 6.77. The van der Waals surface area contributed by atoms with Crippen LogP contribution < -0.4 is 25.0 Å². The number of piperidine rings is 1. The SMILES string of the molecule is CCNC(=O)c1ccc(N2CCC(Nc3cc(OC)cc(OC)c3)CC2)nc1. The zero-order chi connectivity index (χ0) is 19.9. The molecule has 1 amide bonds. The highest BCUT2D eigenvalue weighted by atomic mass is 16.5. The van der Waals surface area contributed by atoms with Gasteiger partial charge in [-0.25, -0.2) is 4.98 Å². The second-order valence-electron chi connectivity index (χ2n) is 6.77. The molecule has 1 aliphatic heterocycles. The van der Waals surface area contributed by atoms with Crippen LogP contribution in [-0.2, 0) is 0 Å². The summed E-state index contributed by atoms with van der Waals surface area (Å²) < 4.78 is 10.7. The highest BCUT2D eigenvalue weighted by Gasteiger charge is 2.20. The zero-order valence-electron chi connectivity index (χ0n) is 16.7. The summed E-state index contributed by atoms with van der Waals surface area (Å²) in [4.78, 5) is 18.6. The van der Waals surface area contributed by atoms with E-state index in [2.05, 4.69) is 20.5 Å². The molecular weight excluding hydrogens is 356 g/mol. The lowest BCUT2D eigenvalue weighted by Crippen LogP contribution is -2.39. The van der Waals surface area contributed by atoms with Crippen LogP contribution in [0.3, 0.4) is 0 Å². The Morgan fingerprint density at radius 2 is 1.82 bits per heavy atom. The molecule has 1 aromatic carbocycles. The van der Waals surface area contributed by atoms with E-state index in [4.69, 9.17) is 9.47 Å². The maximum Gasteiger partial charge on any atom is 0.252 e. The predicted octanol–water partition coefficient (Wildman–Crippen LogP) is 2.93. The molecule has 0 unspecified atom stereocenters. The summed E-state index contributed by atoms with van der Waals surface area (Å²) in [5, 5.41) is 6.37. The fraction of sp³-hybridized carbons (Fsp3) is 0.429. The van der Waals surface area contributed by atoms with Gasteiger partial charge in [-0.05, 0) is 31.9 Å². The number of hydrogen-bond donors (Lipinski definition) is 2. The summed E-state index contributed by atoms with van der Waals surface area (Å²) in [6.45, 7) is 4.33. The second kappa shape index (κ2) is 9.30. The van der Waals surface area contributed by atoms with Crippen LogP contribution in [0.4, 0.5) is 11.5 Å². The van der Waals surface area contributed by atoms with E-state index in [0.29, 0.717) is 18.2 Å². The zero-order valence-corrected chi connectivity index (χ0v) is 16.7. The van der Waals surface area contributed by atoms with Crippen molar-refractivity contribution in [2.24, 2.45) is 0 Å². The van der Waals surface area contributed by atoms with Crippen molar-refractivity contribution in [1.82, 2.24) is 10.3 Å². The monoisotopic (exact) mass is 384 g/mol. The van der Waals surface area contributed by atoms with Gasteiger partial charge in [-0.2, -0.15) is 0 Å². The molecule has 0 saturated carbocycles. The number of carbonyl (C=O) groups excluding carboxylic acids is 1. The lowest BCUT2D eigenvalue weighted by molar-refractivity contribution is 0.0955. The van der Waals surface area contributed by atoms with E-state index in [1.54, 1.807) is 20.4 Å². The first-order chi connectivity index (χ1) is 13.6. The van der Waals surface area contributed by atoms with Gasteiger partial charge in [0.25, 0.3) is 5.91 Å². The van der Waals surface area contributed by atoms with Crippen LogP contribution in [0.2, 0.25) is 0 Å². The van der Waals surface area contributed by atoms with E-state index < -0.39 is 0 Å². The van der Waals surface area contributed by atoms with Crippen LogP contribution in [0.25, 0.3) is 0 Å². The minimum absolute atomic E-state index is 0.0850. The Balaban J connectivity index is 1.57. The van der Waals surface area contributed by atoms with Crippen molar-refractivity contribution in [2.45, 2.75) is 25.8 Å². The van der Waals surface area contributed by atoms with E-state index in [9.17, 15) is 4.79 Å². The third-order valence-electron chi connectivity index (χ3n) is 4.89. The number of benzene rings is 1. The van der Waals surface area contributed by atoms with Gasteiger partial charge in [0.2, 0.25) is 0 Å². The molecular formula is C21H28N4O3. The Morgan fingerprint density at radius 3 is 2.36 bits per heavy atom. The van der Waals surface area contributed by atoms with Crippen molar-refractivity contribution in [3.05, 3.63) is 42.1 Å². The van der Waals surface area contributed by atoms with Crippen LogP contribution in [0, 0.1) is 0 Å². The van der Waals surface area contributed by atoms with Gasteiger partial charge in [0.1, 0.15) is 17.3 Å². The highest BCUT2D eigenvalue weighted by Crippen LogP contribution is 2.28. The molecule has 0 bridgehead atoms. The third kappa shape index (κ3) is 4.85. The molecule has 150 valence electrons. The van der Waals surface area contributed by atoms with Gasteiger partial charge in [0.15, 0.2) is 0 Å². The van der Waals surface area contributed by atoms with E-state index in [1.165, 1.54) is 0 Å². The van der Waals surface area contributed by atoms with Crippen LogP contribution in [0.1, 0.15) is 30.1 Å². The number of nitrogens with zero attached hydrogens (tertiary/aromatic N) is 2. The topological polar surface area (TPSA) is 75.7 Å². The van der Waals surface area contributed by atoms with Gasteiger partial charge >= 0.3 is 0 Å². The average Bonchev–Trinajstić information content (AvgIpc) is 2.74. The lowest BCUT2D eigenvalue weighted by atomic mass is 10.0. The van der Waals surface area contributed by atoms with Crippen LogP contribution in [0.5, 0.6) is 11.5 Å². The molecule has 7 heteroatoms. The maximum absolute atomic E-state index is 11.8. The maximum atomic E-state index is 11.8. The summed E-state index contributed by atoms with van der Waals surface area (Å²) in [6, 6.07) is 9.96. The first kappa shape index (κ1) is 19.8. The van der Waals surface area contributed by atoms with Crippen molar-refractivity contribution < 1.29 is 14.3 Å². The van der Waals surface area contributed by atoms with Gasteiger partial charge in [-0.1, -0.05) is 0 Å². The molecule has 28 heavy (non-hydrogen) atoms. The number of hydrogen-bond acceptors (Lipinski definition) is 6. The molecule has 1 saturated heterocycles. The Bertz CT molecular complexity index is 764. The molecule has 0 spiro atoms. The minimum atomic E-state index is -0.0850. The van der Waals surface area contributed by atoms with Gasteiger partial charge in [0.05, 0.1) is 19.8 Å². The van der Waals surface area contributed by atoms with Crippen LogP contribution in [-0.4, -0.2) is 50.8 Å². The molecule has 2 aromatic rings. The van der Waals surface area contributed by atoms with Gasteiger partial charge in [-0.15, -0.1) is 0 Å². The smallest absolute Gasteiger partial charge is 0.252 e. The average molecular weight is 384 g/mol. The fourth-order valence-corrected chi connectivity index (χ4v) is 3.35. The van der Waals surface area contributed by atoms with Gasteiger partial charge in [0, 0.05) is 55.8 Å². The molecule has 1 aliphatic rings. The summed E-state index contributed by atoms with van der Waals surface area (Å²) in [6.07, 6.45) is 3.64. The van der Waals surface area contributed by atoms with Crippen molar-refractivity contribution >= 4 is 17.4 Å². The Labute approximate surface area is 166 Å². The molecule has 1 aromatic heterocycles. The van der Waals surface area contributed by atoms with Crippen molar-refractivity contribution in [1.29, 1.82) is 0 Å². The summed E-state index contributed by atoms with van der Waals surface area (Å²) >= 11 is 0. The normalized spacial score (nSPS) is 14.5. The largest absolute Gasteiger partial charge is 0.497 e. The van der Waals surface area contributed by atoms with E-state index in [-0.39, 0.29) is 5.91 Å². The number of aromatic nitrogens is 1. The predicted molar refractivity (Wildman–Crippen MR) is 111 cm³/mol. The number of rotatable bonds is 7. The van der Waals surface area contributed by atoms with Gasteiger partial charge in [-0.3, -0.25) is 4.79 Å². The van der Waals surface area contributed by atoms with Crippen LogP contribution in [0.15, 0.2) is 36.5 Å². The lowest BCUT2D eigenvalue weighted by Gasteiger charge is -2.33. The molecule has 2 heterocycles. The quantitative estimate of drug-likeness (QED) is 0.764. The highest BCUT2D eigenvalue weighted by molar-refractivity contribution is 5.94. The molecule has 0 aliphatic carbocycles. The molecule has 3 rings (SSSR count). The molecule has 1 fully saturated rings. The van der Waals surface area contributed by atoms with Crippen LogP contribution >= 0.6 is 0 Å². The third-order valence-corrected chi connectivity index (χ3v) is 4.89. The Kier molecular flexibility index (Phi) is 6.57. The number of methoxy groups -OCH3 is 2. The van der Waals surface area contributed by atoms with Crippen molar-refractivity contribution in [3.8, 4) is 11.5 Å². The number of anilines is 2. The fourth-order valence-electron chi connectivity index (χ4n) is 3.35. The summed E-state index contributed by atoms with van der Waals surface area (Å²) in [7, 11) is 3.31. The summed E-state index contributed by atoms with van der Waals surface area (Å²) in [5.41, 5.74) is 1.59. The molecule has 2 N–H and O–H groups in total. The van der Waals surface area contributed by atoms with E-state index in [0.717, 1.165) is 48.9 Å². The van der Waals surface area contributed by atoms with Crippen molar-refractivity contribution in [3.63, 3.8) is 0 Å². The first-order valence-corrected chi connectivity index (χ1v) is 9.61. The molecule has 0 atom stereocenters. The Hall–Kier alpha value is -2.96. The standard InChI is InChI=1S/C21H28N4O3/c1-4-22-21(26)15-5-6-20(23-14-15)25-9-7-16(8-10-25)24-17-11-18(27-2)13-19(12-17)28-3/h5-6,11-14,16,24H,4,7-10H2,1-3H3,(H,22,26). The first-order valence-electron chi connectivity index (χ1n) is 9.61. The number of ether oxygens (including phenoxy) is 2. The minimum Gasteiger partial charge on any atom is -0.497 e. The van der Waals surface area contributed by atoms with Gasteiger partial charge < -0.3 is 25.0 Å². The number of carbonyl (C=O) groups is 1. The van der Waals surface area contributed by atoms with Crippen molar-refractivity contribution in [2.75, 3.05) is 44.1 Å². The van der Waals surface area contributed by atoms with E-state index in [1.807, 2.05) is 37.3 Å². The number of nitrogens with one attached hydrogen (secondary N) is 2. The Morgan fingerprint density at radius 1 is 1.14 bits per heavy atom. The molecule has 7 nitrogen and oxygen atoms in total. The number of pyridine rings is 1. The summed E-state index contributed by atoms with van der Waals surface area (Å²) in [5.74, 6) is 2.37.